The molecule has 0 aliphatic heterocycles. The fourth-order valence-electron chi connectivity index (χ4n) is 4.90. The predicted molar refractivity (Wildman–Crippen MR) is 152 cm³/mol. The zero-order valence-electron chi connectivity index (χ0n) is 22.0. The van der Waals surface area contributed by atoms with Crippen LogP contribution >= 0.6 is 22.6 Å². The van der Waals surface area contributed by atoms with Crippen molar-refractivity contribution in [3.8, 4) is 11.5 Å². The summed E-state index contributed by atoms with van der Waals surface area (Å²) >= 11 is 1.99. The Balaban J connectivity index is 1.73. The van der Waals surface area contributed by atoms with Crippen molar-refractivity contribution in [2.75, 3.05) is 20.3 Å². The van der Waals surface area contributed by atoms with Crippen LogP contribution in [0.4, 0.5) is 4.39 Å². The van der Waals surface area contributed by atoms with Crippen LogP contribution in [0.1, 0.15) is 41.6 Å². The number of carbonyl (C=O) groups excluding carboxylic acids is 3. The van der Waals surface area contributed by atoms with Gasteiger partial charge < -0.3 is 29.9 Å². The Bertz CT molecular complexity index is 1280. The van der Waals surface area contributed by atoms with E-state index in [-0.39, 0.29) is 55.0 Å². The molecule has 0 aromatic heterocycles. The molecular weight excluding hydrogens is 634 g/mol. The van der Waals surface area contributed by atoms with Crippen molar-refractivity contribution in [3.05, 3.63) is 68.6 Å². The number of hydrogen-bond acceptors (Lipinski definition) is 7. The molecule has 2 aromatic carbocycles. The third kappa shape index (κ3) is 6.64. The lowest BCUT2D eigenvalue weighted by Crippen LogP contribution is -2.56. The van der Waals surface area contributed by atoms with E-state index >= 15 is 0 Å². The molecule has 0 bridgehead atoms. The number of aliphatic hydroxyl groups excluding tert-OH is 2. The molecule has 11 heteroatoms. The van der Waals surface area contributed by atoms with Gasteiger partial charge in [-0.05, 0) is 59.7 Å². The second kappa shape index (κ2) is 13.6. The molecule has 0 radical (unpaired) electrons. The fourth-order valence-corrected chi connectivity index (χ4v) is 5.65. The van der Waals surface area contributed by atoms with Crippen LogP contribution in [0.3, 0.4) is 0 Å². The van der Waals surface area contributed by atoms with Gasteiger partial charge in [0.25, 0.3) is 0 Å². The van der Waals surface area contributed by atoms with Crippen LogP contribution in [0.2, 0.25) is 0 Å². The number of halogens is 2. The minimum atomic E-state index is -1.28. The molecular formula is C29H32FIN2O7. The smallest absolute Gasteiger partial charge is 0.247 e. The average Bonchev–Trinajstić information content (AvgIpc) is 2.92. The van der Waals surface area contributed by atoms with Crippen LogP contribution in [0, 0.1) is 15.3 Å². The van der Waals surface area contributed by atoms with Gasteiger partial charge in [-0.2, -0.15) is 0 Å². The molecule has 4 rings (SSSR count). The minimum absolute atomic E-state index is 0.00348. The van der Waals surface area contributed by atoms with Crippen LogP contribution in [0.25, 0.3) is 0 Å². The first kappa shape index (κ1) is 29.9. The van der Waals surface area contributed by atoms with Gasteiger partial charge in [-0.3, -0.25) is 14.4 Å². The summed E-state index contributed by atoms with van der Waals surface area (Å²) in [5.41, 5.74) is 0.922. The Hall–Kier alpha value is -3.03. The second-order valence-electron chi connectivity index (χ2n) is 9.85. The Labute approximate surface area is 245 Å². The summed E-state index contributed by atoms with van der Waals surface area (Å²) in [7, 11) is 1.42. The lowest BCUT2D eigenvalue weighted by molar-refractivity contribution is -0.146. The number of aliphatic hydroxyl groups is 2. The number of hydrogen-bond donors (Lipinski definition) is 3. The van der Waals surface area contributed by atoms with E-state index in [2.05, 4.69) is 5.32 Å². The third-order valence-corrected chi connectivity index (χ3v) is 8.09. The van der Waals surface area contributed by atoms with Gasteiger partial charge in [0.05, 0.1) is 23.3 Å². The Morgan fingerprint density at radius 1 is 1.25 bits per heavy atom. The van der Waals surface area contributed by atoms with Crippen LogP contribution in [-0.4, -0.2) is 71.7 Å². The SMILES string of the molecule is COc1cc(C=O)cc(I)c1OC1C=C(C(=O)NCCO)CC(N(Cc2ccccc2F)C(=O)C2CCC2)C1O. The minimum Gasteiger partial charge on any atom is -0.493 e. The van der Waals surface area contributed by atoms with Crippen molar-refractivity contribution in [1.82, 2.24) is 10.2 Å². The van der Waals surface area contributed by atoms with Gasteiger partial charge in [0.2, 0.25) is 11.8 Å². The summed E-state index contributed by atoms with van der Waals surface area (Å²) in [5.74, 6) is -0.880. The summed E-state index contributed by atoms with van der Waals surface area (Å²) in [6, 6.07) is 8.34. The number of amides is 2. The maximum Gasteiger partial charge on any atom is 0.247 e. The van der Waals surface area contributed by atoms with E-state index in [1.807, 2.05) is 22.6 Å². The highest BCUT2D eigenvalue weighted by atomic mass is 127. The maximum absolute atomic E-state index is 14.7. The number of benzene rings is 2. The van der Waals surface area contributed by atoms with E-state index in [9.17, 15) is 29.0 Å². The number of methoxy groups -OCH3 is 1. The number of aldehydes is 1. The van der Waals surface area contributed by atoms with Crippen molar-refractivity contribution in [2.24, 2.45) is 5.92 Å². The lowest BCUT2D eigenvalue weighted by atomic mass is 9.82. The highest BCUT2D eigenvalue weighted by Crippen LogP contribution is 2.38. The molecule has 2 aromatic rings. The van der Waals surface area contributed by atoms with Gasteiger partial charge in [-0.15, -0.1) is 0 Å². The van der Waals surface area contributed by atoms with Crippen molar-refractivity contribution in [1.29, 1.82) is 0 Å². The van der Waals surface area contributed by atoms with E-state index < -0.39 is 30.0 Å². The summed E-state index contributed by atoms with van der Waals surface area (Å²) in [5, 5.41) is 23.5. The van der Waals surface area contributed by atoms with Gasteiger partial charge in [-0.1, -0.05) is 24.6 Å². The van der Waals surface area contributed by atoms with Gasteiger partial charge in [0.1, 0.15) is 24.3 Å². The van der Waals surface area contributed by atoms with Crippen molar-refractivity contribution < 1.29 is 38.5 Å². The van der Waals surface area contributed by atoms with Gasteiger partial charge >= 0.3 is 0 Å². The molecule has 214 valence electrons. The maximum atomic E-state index is 14.7. The van der Waals surface area contributed by atoms with Crippen molar-refractivity contribution >= 4 is 40.7 Å². The zero-order valence-corrected chi connectivity index (χ0v) is 24.2. The fraction of sp³-hybridized carbons (Fsp3) is 0.414. The van der Waals surface area contributed by atoms with Crippen LogP contribution in [-0.2, 0) is 16.1 Å². The number of carbonyl (C=O) groups is 3. The molecule has 1 fully saturated rings. The first-order valence-electron chi connectivity index (χ1n) is 13.1. The van der Waals surface area contributed by atoms with E-state index in [0.717, 1.165) is 6.42 Å². The Morgan fingerprint density at radius 3 is 2.62 bits per heavy atom. The molecule has 3 unspecified atom stereocenters. The summed E-state index contributed by atoms with van der Waals surface area (Å²) in [6.45, 7) is -0.326. The molecule has 40 heavy (non-hydrogen) atoms. The number of rotatable bonds is 11. The molecule has 3 atom stereocenters. The predicted octanol–water partition coefficient (Wildman–Crippen LogP) is 3.00. The summed E-state index contributed by atoms with van der Waals surface area (Å²) in [4.78, 5) is 39.5. The molecule has 2 aliphatic carbocycles. The Kier molecular flexibility index (Phi) is 10.1. The first-order chi connectivity index (χ1) is 19.3. The van der Waals surface area contributed by atoms with E-state index in [0.29, 0.717) is 33.8 Å². The molecule has 9 nitrogen and oxygen atoms in total. The van der Waals surface area contributed by atoms with Crippen molar-refractivity contribution in [3.63, 3.8) is 0 Å². The largest absolute Gasteiger partial charge is 0.493 e. The molecule has 0 spiro atoms. The van der Waals surface area contributed by atoms with Crippen LogP contribution in [0.15, 0.2) is 48.0 Å². The van der Waals surface area contributed by atoms with Crippen LogP contribution < -0.4 is 14.8 Å². The van der Waals surface area contributed by atoms with E-state index in [1.165, 1.54) is 30.2 Å². The quantitative estimate of drug-likeness (QED) is 0.249. The van der Waals surface area contributed by atoms with Crippen molar-refractivity contribution in [2.45, 2.75) is 50.5 Å². The Morgan fingerprint density at radius 2 is 2.00 bits per heavy atom. The van der Waals surface area contributed by atoms with E-state index in [4.69, 9.17) is 9.47 Å². The first-order valence-corrected chi connectivity index (χ1v) is 14.2. The number of nitrogens with one attached hydrogen (secondary N) is 1. The van der Waals surface area contributed by atoms with Gasteiger partial charge in [0, 0.05) is 42.1 Å². The van der Waals surface area contributed by atoms with Gasteiger partial charge in [-0.25, -0.2) is 4.39 Å². The molecule has 1 saturated carbocycles. The van der Waals surface area contributed by atoms with Gasteiger partial charge in [0.15, 0.2) is 11.5 Å². The molecule has 0 saturated heterocycles. The van der Waals surface area contributed by atoms with E-state index in [1.54, 1.807) is 24.3 Å². The standard InChI is InChI=1S/C29H32FIN2O7/c1-39-25-12-17(16-35)11-22(31)27(25)40-24-14-20(28(37)32-9-10-34)13-23(26(24)36)33(29(38)18-6-4-7-18)15-19-5-2-3-8-21(19)30/h2-3,5,8,11-12,14,16,18,23-24,26,34,36H,4,6-7,9-10,13,15H2,1H3,(H,32,37). The highest BCUT2D eigenvalue weighted by Gasteiger charge is 2.43. The highest BCUT2D eigenvalue weighted by molar-refractivity contribution is 14.1. The zero-order chi connectivity index (χ0) is 28.8. The summed E-state index contributed by atoms with van der Waals surface area (Å²) in [6.07, 6.45) is 2.12. The molecule has 2 amide bonds. The number of ether oxygens (including phenoxy) is 2. The topological polar surface area (TPSA) is 125 Å². The monoisotopic (exact) mass is 666 g/mol. The molecule has 3 N–H and O–H groups in total. The second-order valence-corrected chi connectivity index (χ2v) is 11.0. The normalized spacial score (nSPS) is 20.6. The molecule has 2 aliphatic rings. The summed E-state index contributed by atoms with van der Waals surface area (Å²) < 4.78 is 26.9. The van der Waals surface area contributed by atoms with Crippen LogP contribution in [0.5, 0.6) is 11.5 Å². The number of nitrogens with zero attached hydrogens (tertiary/aromatic N) is 1. The molecule has 0 heterocycles. The third-order valence-electron chi connectivity index (χ3n) is 7.29. The average molecular weight is 666 g/mol. The lowest BCUT2D eigenvalue weighted by Gasteiger charge is -2.43.